The Morgan fingerprint density at radius 3 is 2.47 bits per heavy atom. The van der Waals surface area contributed by atoms with Gasteiger partial charge in [0, 0.05) is 13.0 Å². The third-order valence-electron chi connectivity index (χ3n) is 2.59. The van der Waals surface area contributed by atoms with Crippen molar-refractivity contribution in [1.82, 2.24) is 9.97 Å². The van der Waals surface area contributed by atoms with E-state index >= 15 is 0 Å². The van der Waals surface area contributed by atoms with Gasteiger partial charge >= 0.3 is 0 Å². The maximum absolute atomic E-state index is 4.61. The number of rotatable bonds is 6. The van der Waals surface area contributed by atoms with Crippen LogP contribution in [0.15, 0.2) is 4.47 Å². The van der Waals surface area contributed by atoms with E-state index in [4.69, 9.17) is 0 Å². The fourth-order valence-electron chi connectivity index (χ4n) is 1.59. The quantitative estimate of drug-likeness (QED) is 0.868. The van der Waals surface area contributed by atoms with Crippen LogP contribution < -0.4 is 5.32 Å². The molecule has 0 spiro atoms. The topological polar surface area (TPSA) is 37.8 Å². The number of hydrogen-bond acceptors (Lipinski definition) is 3. The molecule has 1 rings (SSSR count). The van der Waals surface area contributed by atoms with Crippen LogP contribution in [0.1, 0.15) is 45.6 Å². The third-order valence-corrected chi connectivity index (χ3v) is 3.42. The first-order chi connectivity index (χ1) is 8.08. The lowest BCUT2D eigenvalue weighted by molar-refractivity contribution is 0.573. The summed E-state index contributed by atoms with van der Waals surface area (Å²) in [6.45, 7) is 9.53. The second-order valence-electron chi connectivity index (χ2n) is 4.57. The van der Waals surface area contributed by atoms with E-state index < -0.39 is 0 Å². The summed E-state index contributed by atoms with van der Waals surface area (Å²) < 4.78 is 1.01. The zero-order valence-corrected chi connectivity index (χ0v) is 12.8. The molecule has 0 aliphatic rings. The van der Waals surface area contributed by atoms with Gasteiger partial charge in [0.2, 0.25) is 0 Å². The molecule has 1 aromatic rings. The number of nitrogens with zero attached hydrogens (tertiary/aromatic N) is 2. The Labute approximate surface area is 113 Å². The molecule has 0 saturated carbocycles. The summed E-state index contributed by atoms with van der Waals surface area (Å²) in [7, 11) is 0. The van der Waals surface area contributed by atoms with Gasteiger partial charge in [-0.1, -0.05) is 20.8 Å². The fraction of sp³-hybridized carbons (Fsp3) is 0.692. The van der Waals surface area contributed by atoms with Crippen LogP contribution in [0.25, 0.3) is 0 Å². The molecule has 0 radical (unpaired) electrons. The first-order valence-corrected chi connectivity index (χ1v) is 7.16. The molecule has 0 fully saturated rings. The van der Waals surface area contributed by atoms with Gasteiger partial charge in [0.25, 0.3) is 0 Å². The van der Waals surface area contributed by atoms with Gasteiger partial charge in [-0.2, -0.15) is 0 Å². The van der Waals surface area contributed by atoms with Crippen molar-refractivity contribution in [3.05, 3.63) is 16.0 Å². The van der Waals surface area contributed by atoms with Crippen molar-refractivity contribution in [2.75, 3.05) is 11.9 Å². The Balaban J connectivity index is 2.94. The smallest absolute Gasteiger partial charge is 0.144 e. The van der Waals surface area contributed by atoms with Crippen molar-refractivity contribution in [3.63, 3.8) is 0 Å². The largest absolute Gasteiger partial charge is 0.369 e. The molecule has 0 unspecified atom stereocenters. The van der Waals surface area contributed by atoms with E-state index in [-0.39, 0.29) is 0 Å². The Morgan fingerprint density at radius 2 is 1.94 bits per heavy atom. The van der Waals surface area contributed by atoms with Crippen LogP contribution in [0.3, 0.4) is 0 Å². The van der Waals surface area contributed by atoms with Crippen molar-refractivity contribution in [1.29, 1.82) is 0 Å². The summed E-state index contributed by atoms with van der Waals surface area (Å²) in [5.74, 6) is 2.57. The molecule has 96 valence electrons. The van der Waals surface area contributed by atoms with Gasteiger partial charge in [-0.3, -0.25) is 0 Å². The van der Waals surface area contributed by atoms with Crippen molar-refractivity contribution in [3.8, 4) is 0 Å². The van der Waals surface area contributed by atoms with E-state index in [1.165, 1.54) is 0 Å². The average molecular weight is 300 g/mol. The Morgan fingerprint density at radius 1 is 1.24 bits per heavy atom. The summed E-state index contributed by atoms with van der Waals surface area (Å²) in [6.07, 6.45) is 3.02. The lowest BCUT2D eigenvalue weighted by Gasteiger charge is -2.11. The van der Waals surface area contributed by atoms with Crippen molar-refractivity contribution in [2.24, 2.45) is 5.92 Å². The van der Waals surface area contributed by atoms with Gasteiger partial charge in [-0.25, -0.2) is 9.97 Å². The van der Waals surface area contributed by atoms with Gasteiger partial charge in [-0.05, 0) is 41.6 Å². The Kier molecular flexibility index (Phi) is 5.89. The highest BCUT2D eigenvalue weighted by atomic mass is 79.9. The minimum Gasteiger partial charge on any atom is -0.369 e. The highest BCUT2D eigenvalue weighted by Crippen LogP contribution is 2.24. The van der Waals surface area contributed by atoms with Crippen molar-refractivity contribution < 1.29 is 0 Å². The fourth-order valence-corrected chi connectivity index (χ4v) is 2.19. The molecule has 17 heavy (non-hydrogen) atoms. The molecule has 1 aromatic heterocycles. The van der Waals surface area contributed by atoms with E-state index in [0.717, 1.165) is 47.6 Å². The van der Waals surface area contributed by atoms with Crippen LogP contribution in [-0.2, 0) is 12.8 Å². The van der Waals surface area contributed by atoms with E-state index in [9.17, 15) is 0 Å². The minimum atomic E-state index is 0.690. The Bertz CT molecular complexity index is 364. The second-order valence-corrected chi connectivity index (χ2v) is 5.36. The molecule has 1 N–H and O–H groups in total. The summed E-state index contributed by atoms with van der Waals surface area (Å²) in [4.78, 5) is 9.18. The van der Waals surface area contributed by atoms with E-state index in [2.05, 4.69) is 58.9 Å². The van der Waals surface area contributed by atoms with E-state index in [1.807, 2.05) is 0 Å². The first kappa shape index (κ1) is 14.4. The standard InChI is InChI=1S/C13H22BrN3/c1-5-10-12(14)13(15-6-2)17-11(16-10)8-7-9(3)4/h9H,5-8H2,1-4H3,(H,15,16,17). The molecule has 0 atom stereocenters. The van der Waals surface area contributed by atoms with Gasteiger partial charge in [0.15, 0.2) is 0 Å². The molecule has 0 aliphatic heterocycles. The van der Waals surface area contributed by atoms with Crippen LogP contribution >= 0.6 is 15.9 Å². The average Bonchev–Trinajstić information content (AvgIpc) is 2.30. The zero-order chi connectivity index (χ0) is 12.8. The van der Waals surface area contributed by atoms with Crippen LogP contribution in [0, 0.1) is 5.92 Å². The van der Waals surface area contributed by atoms with Crippen LogP contribution in [-0.4, -0.2) is 16.5 Å². The summed E-state index contributed by atoms with van der Waals surface area (Å²) in [5.41, 5.74) is 1.09. The maximum Gasteiger partial charge on any atom is 0.144 e. The van der Waals surface area contributed by atoms with Crippen LogP contribution in [0.4, 0.5) is 5.82 Å². The highest BCUT2D eigenvalue weighted by molar-refractivity contribution is 9.10. The zero-order valence-electron chi connectivity index (χ0n) is 11.2. The number of aryl methyl sites for hydroxylation is 2. The van der Waals surface area contributed by atoms with Crippen molar-refractivity contribution in [2.45, 2.75) is 47.0 Å². The number of anilines is 1. The number of halogens is 1. The summed E-state index contributed by atoms with van der Waals surface area (Å²) >= 11 is 3.57. The van der Waals surface area contributed by atoms with E-state index in [0.29, 0.717) is 5.92 Å². The maximum atomic E-state index is 4.61. The second kappa shape index (κ2) is 6.94. The highest BCUT2D eigenvalue weighted by Gasteiger charge is 2.10. The molecule has 3 nitrogen and oxygen atoms in total. The number of hydrogen-bond donors (Lipinski definition) is 1. The van der Waals surface area contributed by atoms with Gasteiger partial charge < -0.3 is 5.32 Å². The van der Waals surface area contributed by atoms with E-state index in [1.54, 1.807) is 0 Å². The lowest BCUT2D eigenvalue weighted by atomic mass is 10.1. The van der Waals surface area contributed by atoms with Gasteiger partial charge in [-0.15, -0.1) is 0 Å². The predicted octanol–water partition coefficient (Wildman–Crippen LogP) is 3.82. The first-order valence-electron chi connectivity index (χ1n) is 6.37. The molecule has 0 aromatic carbocycles. The Hall–Kier alpha value is -0.640. The normalized spacial score (nSPS) is 10.9. The number of nitrogens with one attached hydrogen (secondary N) is 1. The van der Waals surface area contributed by atoms with Crippen LogP contribution in [0.5, 0.6) is 0 Å². The SMILES string of the molecule is CCNc1nc(CCC(C)C)nc(CC)c1Br. The molecule has 0 aliphatic carbocycles. The van der Waals surface area contributed by atoms with Gasteiger partial charge in [0.1, 0.15) is 11.6 Å². The molecule has 1 heterocycles. The molecule has 0 bridgehead atoms. The molecular weight excluding hydrogens is 278 g/mol. The third kappa shape index (κ3) is 4.26. The molecule has 0 saturated heterocycles. The van der Waals surface area contributed by atoms with Crippen LogP contribution in [0.2, 0.25) is 0 Å². The lowest BCUT2D eigenvalue weighted by Crippen LogP contribution is -2.08. The minimum absolute atomic E-state index is 0.690. The number of aromatic nitrogens is 2. The molecular formula is C13H22BrN3. The summed E-state index contributed by atoms with van der Waals surface area (Å²) in [6, 6.07) is 0. The molecule has 0 amide bonds. The monoisotopic (exact) mass is 299 g/mol. The van der Waals surface area contributed by atoms with Gasteiger partial charge in [0.05, 0.1) is 10.2 Å². The summed E-state index contributed by atoms with van der Waals surface area (Å²) in [5, 5.41) is 3.28. The molecule has 4 heteroatoms. The predicted molar refractivity (Wildman–Crippen MR) is 76.4 cm³/mol. The van der Waals surface area contributed by atoms with Crippen molar-refractivity contribution >= 4 is 21.7 Å².